The van der Waals surface area contributed by atoms with Crippen LogP contribution in [0.25, 0.3) is 5.65 Å². The van der Waals surface area contributed by atoms with E-state index in [1.807, 2.05) is 0 Å². The monoisotopic (exact) mass is 314 g/mol. The summed E-state index contributed by atoms with van der Waals surface area (Å²) in [6.07, 6.45) is -1.95. The quantitative estimate of drug-likeness (QED) is 0.893. The van der Waals surface area contributed by atoms with Crippen LogP contribution < -0.4 is 5.32 Å². The average molecular weight is 314 g/mol. The second-order valence-electron chi connectivity index (χ2n) is 5.11. The van der Waals surface area contributed by atoms with Crippen LogP contribution in [-0.2, 0) is 6.18 Å². The molecule has 0 spiro atoms. The van der Waals surface area contributed by atoms with Gasteiger partial charge in [-0.05, 0) is 18.9 Å². The Morgan fingerprint density at radius 1 is 1.45 bits per heavy atom. The van der Waals surface area contributed by atoms with Gasteiger partial charge in [-0.3, -0.25) is 4.79 Å². The molecule has 1 aliphatic rings. The molecule has 0 bridgehead atoms. The van der Waals surface area contributed by atoms with Crippen LogP contribution in [0.5, 0.6) is 0 Å². The van der Waals surface area contributed by atoms with Crippen molar-refractivity contribution in [2.75, 3.05) is 13.2 Å². The van der Waals surface area contributed by atoms with E-state index in [0.29, 0.717) is 10.2 Å². The molecule has 0 unspecified atom stereocenters. The first-order valence-corrected chi connectivity index (χ1v) is 6.76. The molecule has 2 aromatic rings. The third-order valence-corrected chi connectivity index (χ3v) is 3.42. The molecule has 1 fully saturated rings. The second kappa shape index (κ2) is 5.24. The van der Waals surface area contributed by atoms with Crippen LogP contribution in [0.1, 0.15) is 40.5 Å². The van der Waals surface area contributed by atoms with Crippen molar-refractivity contribution >= 4 is 11.6 Å². The summed E-state index contributed by atoms with van der Waals surface area (Å²) in [6, 6.07) is 0.993. The van der Waals surface area contributed by atoms with Gasteiger partial charge in [-0.1, -0.05) is 0 Å². The number of aliphatic hydroxyl groups excluding tert-OH is 1. The molecule has 1 aliphatic carbocycles. The van der Waals surface area contributed by atoms with Gasteiger partial charge in [-0.2, -0.15) is 18.3 Å². The van der Waals surface area contributed by atoms with Crippen LogP contribution >= 0.6 is 0 Å². The molecule has 0 aliphatic heterocycles. The van der Waals surface area contributed by atoms with Gasteiger partial charge in [0.2, 0.25) is 0 Å². The van der Waals surface area contributed by atoms with Crippen molar-refractivity contribution in [1.82, 2.24) is 19.9 Å². The molecule has 2 aromatic heterocycles. The SMILES string of the molecule is O=C(NCCO)c1cnn2c(C(F)(F)F)cc(C3CC3)nc12. The first-order chi connectivity index (χ1) is 10.4. The topological polar surface area (TPSA) is 79.5 Å². The van der Waals surface area contributed by atoms with Crippen molar-refractivity contribution in [3.05, 3.63) is 29.2 Å². The highest BCUT2D eigenvalue weighted by molar-refractivity contribution is 5.99. The third kappa shape index (κ3) is 2.63. The zero-order valence-corrected chi connectivity index (χ0v) is 11.4. The van der Waals surface area contributed by atoms with Crippen LogP contribution in [0.15, 0.2) is 12.3 Å². The number of fused-ring (bicyclic) bond motifs is 1. The number of rotatable bonds is 4. The van der Waals surface area contributed by atoms with Crippen molar-refractivity contribution in [2.24, 2.45) is 0 Å². The molecule has 2 heterocycles. The highest BCUT2D eigenvalue weighted by atomic mass is 19.4. The molecule has 0 saturated heterocycles. The number of halogens is 3. The minimum absolute atomic E-state index is 0.00458. The van der Waals surface area contributed by atoms with Gasteiger partial charge in [-0.25, -0.2) is 9.50 Å². The van der Waals surface area contributed by atoms with Crippen LogP contribution in [0.3, 0.4) is 0 Å². The van der Waals surface area contributed by atoms with E-state index in [-0.39, 0.29) is 30.3 Å². The third-order valence-electron chi connectivity index (χ3n) is 3.42. The molecule has 0 aromatic carbocycles. The van der Waals surface area contributed by atoms with Crippen molar-refractivity contribution < 1.29 is 23.1 Å². The normalized spacial score (nSPS) is 15.3. The summed E-state index contributed by atoms with van der Waals surface area (Å²) in [7, 11) is 0. The summed E-state index contributed by atoms with van der Waals surface area (Å²) in [4.78, 5) is 16.1. The van der Waals surface area contributed by atoms with Crippen LogP contribution in [0, 0.1) is 0 Å². The molecule has 22 heavy (non-hydrogen) atoms. The first-order valence-electron chi connectivity index (χ1n) is 6.76. The average Bonchev–Trinajstić information content (AvgIpc) is 3.22. The number of aliphatic hydroxyl groups is 1. The number of carbonyl (C=O) groups is 1. The molecule has 1 saturated carbocycles. The Hall–Kier alpha value is -2.16. The minimum Gasteiger partial charge on any atom is -0.395 e. The maximum atomic E-state index is 13.2. The highest BCUT2D eigenvalue weighted by Gasteiger charge is 2.37. The summed E-state index contributed by atoms with van der Waals surface area (Å²) >= 11 is 0. The Labute approximate surface area is 123 Å². The lowest BCUT2D eigenvalue weighted by atomic mass is 10.2. The van der Waals surface area contributed by atoms with E-state index >= 15 is 0 Å². The van der Waals surface area contributed by atoms with Crippen LogP contribution in [-0.4, -0.2) is 38.8 Å². The molecule has 0 radical (unpaired) electrons. The van der Waals surface area contributed by atoms with Gasteiger partial charge in [0.25, 0.3) is 5.91 Å². The van der Waals surface area contributed by atoms with E-state index in [0.717, 1.165) is 25.1 Å². The van der Waals surface area contributed by atoms with E-state index in [2.05, 4.69) is 15.4 Å². The maximum Gasteiger partial charge on any atom is 0.433 e. The highest BCUT2D eigenvalue weighted by Crippen LogP contribution is 2.41. The number of amides is 1. The van der Waals surface area contributed by atoms with Crippen molar-refractivity contribution in [2.45, 2.75) is 24.9 Å². The number of hydrogen-bond donors (Lipinski definition) is 2. The van der Waals surface area contributed by atoms with Gasteiger partial charge < -0.3 is 10.4 Å². The van der Waals surface area contributed by atoms with Gasteiger partial charge in [-0.15, -0.1) is 0 Å². The zero-order chi connectivity index (χ0) is 15.9. The molecule has 0 atom stereocenters. The Bertz CT molecular complexity index is 722. The van der Waals surface area contributed by atoms with Gasteiger partial charge in [0.15, 0.2) is 5.65 Å². The lowest BCUT2D eigenvalue weighted by Crippen LogP contribution is -2.26. The summed E-state index contributed by atoms with van der Waals surface area (Å²) in [5, 5.41) is 14.7. The Morgan fingerprint density at radius 2 is 2.18 bits per heavy atom. The molecule has 3 rings (SSSR count). The number of alkyl halides is 3. The Balaban J connectivity index is 2.12. The lowest BCUT2D eigenvalue weighted by Gasteiger charge is -2.11. The summed E-state index contributed by atoms with van der Waals surface area (Å²) in [5.41, 5.74) is -0.772. The predicted molar refractivity (Wildman–Crippen MR) is 69.4 cm³/mol. The van der Waals surface area contributed by atoms with E-state index in [1.54, 1.807) is 0 Å². The second-order valence-corrected chi connectivity index (χ2v) is 5.11. The molecule has 6 nitrogen and oxygen atoms in total. The van der Waals surface area contributed by atoms with Crippen LogP contribution in [0.4, 0.5) is 13.2 Å². The van der Waals surface area contributed by atoms with E-state index in [9.17, 15) is 18.0 Å². The molecule has 2 N–H and O–H groups in total. The van der Waals surface area contributed by atoms with Gasteiger partial charge in [0, 0.05) is 18.2 Å². The fourth-order valence-electron chi connectivity index (χ4n) is 2.20. The number of nitrogens with zero attached hydrogens (tertiary/aromatic N) is 3. The first kappa shape index (κ1) is 14.8. The summed E-state index contributed by atoms with van der Waals surface area (Å²) in [6.45, 7) is -0.260. The molecule has 118 valence electrons. The smallest absolute Gasteiger partial charge is 0.395 e. The maximum absolute atomic E-state index is 13.2. The van der Waals surface area contributed by atoms with Crippen molar-refractivity contribution in [3.63, 3.8) is 0 Å². The molecule has 9 heteroatoms. The fourth-order valence-corrected chi connectivity index (χ4v) is 2.20. The van der Waals surface area contributed by atoms with E-state index in [4.69, 9.17) is 5.11 Å². The predicted octanol–water partition coefficient (Wildman–Crippen LogP) is 1.35. The van der Waals surface area contributed by atoms with Crippen molar-refractivity contribution in [1.29, 1.82) is 0 Å². The Morgan fingerprint density at radius 3 is 2.77 bits per heavy atom. The van der Waals surface area contributed by atoms with E-state index in [1.165, 1.54) is 0 Å². The van der Waals surface area contributed by atoms with E-state index < -0.39 is 17.8 Å². The fraction of sp³-hybridized carbons (Fsp3) is 0.462. The van der Waals surface area contributed by atoms with Crippen molar-refractivity contribution in [3.8, 4) is 0 Å². The molecule has 1 amide bonds. The molecular weight excluding hydrogens is 301 g/mol. The van der Waals surface area contributed by atoms with Gasteiger partial charge in [0.05, 0.1) is 12.8 Å². The standard InChI is InChI=1S/C13H13F3N4O2/c14-13(15,16)10-5-9(7-1-2-7)19-11-8(6-18-20(10)11)12(22)17-3-4-21/h5-7,21H,1-4H2,(H,17,22). The number of carbonyl (C=O) groups excluding carboxylic acids is 1. The number of hydrogen-bond acceptors (Lipinski definition) is 4. The van der Waals surface area contributed by atoms with Gasteiger partial charge >= 0.3 is 6.18 Å². The largest absolute Gasteiger partial charge is 0.433 e. The lowest BCUT2D eigenvalue weighted by molar-refractivity contribution is -0.142. The van der Waals surface area contributed by atoms with Crippen LogP contribution in [0.2, 0.25) is 0 Å². The zero-order valence-electron chi connectivity index (χ0n) is 11.4. The molecular formula is C13H13F3N4O2. The summed E-state index contributed by atoms with van der Waals surface area (Å²) < 4.78 is 40.2. The number of aromatic nitrogens is 3. The Kier molecular flexibility index (Phi) is 3.51. The van der Waals surface area contributed by atoms with Gasteiger partial charge in [0.1, 0.15) is 11.3 Å². The summed E-state index contributed by atoms with van der Waals surface area (Å²) in [5.74, 6) is -0.605. The number of nitrogens with one attached hydrogen (secondary N) is 1. The minimum atomic E-state index is -4.59.